The van der Waals surface area contributed by atoms with Gasteiger partial charge in [-0.2, -0.15) is 0 Å². The monoisotopic (exact) mass is 503 g/mol. The SMILES string of the molecule is Cc1c(-c2cnc(C(N)=O)c3[nH]c4cc(OCC=O)ccc4c23)cccc1-n1cnc2ccccc2c1=O. The summed E-state index contributed by atoms with van der Waals surface area (Å²) in [5.74, 6) is -0.155. The number of rotatable bonds is 6. The minimum atomic E-state index is -0.662. The van der Waals surface area contributed by atoms with Crippen molar-refractivity contribution in [2.24, 2.45) is 5.73 Å². The molecule has 1 amide bonds. The zero-order chi connectivity index (χ0) is 26.4. The summed E-state index contributed by atoms with van der Waals surface area (Å²) in [5.41, 5.74) is 10.5. The summed E-state index contributed by atoms with van der Waals surface area (Å²) in [6.45, 7) is 1.86. The highest BCUT2D eigenvalue weighted by Crippen LogP contribution is 2.38. The van der Waals surface area contributed by atoms with Gasteiger partial charge in [0.1, 0.15) is 18.7 Å². The molecule has 3 aromatic heterocycles. The van der Waals surface area contributed by atoms with E-state index in [1.807, 2.05) is 43.3 Å². The number of aromatic nitrogens is 4. The van der Waals surface area contributed by atoms with Crippen LogP contribution >= 0.6 is 0 Å². The maximum atomic E-state index is 13.3. The van der Waals surface area contributed by atoms with Gasteiger partial charge in [-0.05, 0) is 48.4 Å². The average Bonchev–Trinajstić information content (AvgIpc) is 3.31. The maximum Gasteiger partial charge on any atom is 0.269 e. The smallest absolute Gasteiger partial charge is 0.269 e. The number of carbonyl (C=O) groups is 2. The Morgan fingerprint density at radius 2 is 1.89 bits per heavy atom. The second kappa shape index (κ2) is 8.97. The van der Waals surface area contributed by atoms with Gasteiger partial charge < -0.3 is 15.5 Å². The van der Waals surface area contributed by atoms with Crippen LogP contribution < -0.4 is 16.0 Å². The number of ether oxygens (including phenoxy) is 1. The van der Waals surface area contributed by atoms with E-state index in [0.29, 0.717) is 39.7 Å². The first kappa shape index (κ1) is 23.1. The van der Waals surface area contributed by atoms with Gasteiger partial charge in [-0.25, -0.2) is 9.97 Å². The van der Waals surface area contributed by atoms with Crippen LogP contribution in [0.5, 0.6) is 5.75 Å². The van der Waals surface area contributed by atoms with Crippen LogP contribution in [-0.4, -0.2) is 38.3 Å². The van der Waals surface area contributed by atoms with Crippen molar-refractivity contribution in [1.82, 2.24) is 19.5 Å². The van der Waals surface area contributed by atoms with Crippen LogP contribution in [0.2, 0.25) is 0 Å². The molecule has 0 bridgehead atoms. The van der Waals surface area contributed by atoms with Gasteiger partial charge in [0.25, 0.3) is 11.5 Å². The largest absolute Gasteiger partial charge is 0.486 e. The van der Waals surface area contributed by atoms with E-state index in [2.05, 4.69) is 15.0 Å². The Hall–Kier alpha value is -5.31. The molecule has 0 aliphatic carbocycles. The molecule has 0 saturated carbocycles. The minimum Gasteiger partial charge on any atom is -0.486 e. The first-order valence-electron chi connectivity index (χ1n) is 11.9. The quantitative estimate of drug-likeness (QED) is 0.329. The third kappa shape index (κ3) is 3.60. The molecule has 6 aromatic rings. The molecule has 0 fully saturated rings. The van der Waals surface area contributed by atoms with E-state index in [9.17, 15) is 14.4 Å². The number of hydrogen-bond acceptors (Lipinski definition) is 6. The van der Waals surface area contributed by atoms with Gasteiger partial charge in [-0.1, -0.05) is 24.3 Å². The second-order valence-corrected chi connectivity index (χ2v) is 8.83. The fraction of sp³-hybridized carbons (Fsp3) is 0.0690. The summed E-state index contributed by atoms with van der Waals surface area (Å²) in [5, 5.41) is 2.11. The van der Waals surface area contributed by atoms with E-state index >= 15 is 0 Å². The molecule has 0 saturated heterocycles. The Morgan fingerprint density at radius 1 is 1.05 bits per heavy atom. The van der Waals surface area contributed by atoms with Crippen LogP contribution in [0.4, 0.5) is 0 Å². The number of hydrogen-bond donors (Lipinski definition) is 2. The lowest BCUT2D eigenvalue weighted by Crippen LogP contribution is -2.19. The van der Waals surface area contributed by atoms with Crippen molar-refractivity contribution in [3.63, 3.8) is 0 Å². The number of aldehydes is 1. The number of nitrogens with zero attached hydrogens (tertiary/aromatic N) is 3. The Labute approximate surface area is 215 Å². The molecule has 0 aliphatic rings. The molecule has 0 spiro atoms. The normalized spacial score (nSPS) is 11.3. The van der Waals surface area contributed by atoms with Gasteiger partial charge in [0.05, 0.1) is 27.6 Å². The zero-order valence-corrected chi connectivity index (χ0v) is 20.3. The van der Waals surface area contributed by atoms with Gasteiger partial charge in [0.2, 0.25) is 0 Å². The number of primary amides is 1. The van der Waals surface area contributed by atoms with Gasteiger partial charge in [0.15, 0.2) is 12.0 Å². The number of carbonyl (C=O) groups excluding carboxylic acids is 2. The van der Waals surface area contributed by atoms with E-state index < -0.39 is 5.91 Å². The predicted molar refractivity (Wildman–Crippen MR) is 145 cm³/mol. The highest BCUT2D eigenvalue weighted by atomic mass is 16.5. The van der Waals surface area contributed by atoms with Crippen molar-refractivity contribution in [1.29, 1.82) is 0 Å². The molecule has 0 radical (unpaired) electrons. The van der Waals surface area contributed by atoms with Gasteiger partial charge >= 0.3 is 0 Å². The fourth-order valence-corrected chi connectivity index (χ4v) is 4.92. The summed E-state index contributed by atoms with van der Waals surface area (Å²) < 4.78 is 6.98. The number of aromatic amines is 1. The standard InChI is InChI=1S/C29H21N5O4/c1-16-18(6-4-8-24(16)34-15-32-22-7-3-2-5-20(22)29(34)37)21-14-31-27(28(30)36)26-25(21)19-10-9-17(38-12-11-35)13-23(19)33-26/h2-11,13-15,33H,12H2,1H3,(H2,30,36). The topological polar surface area (TPSA) is 133 Å². The lowest BCUT2D eigenvalue weighted by atomic mass is 9.95. The van der Waals surface area contributed by atoms with E-state index in [-0.39, 0.29) is 17.9 Å². The molecule has 3 aromatic carbocycles. The Bertz CT molecular complexity index is 1970. The Balaban J connectivity index is 1.60. The summed E-state index contributed by atoms with van der Waals surface area (Å²) in [7, 11) is 0. The number of H-pyrrole nitrogens is 1. The van der Waals surface area contributed by atoms with Crippen molar-refractivity contribution < 1.29 is 14.3 Å². The van der Waals surface area contributed by atoms with E-state index in [0.717, 1.165) is 27.5 Å². The van der Waals surface area contributed by atoms with Crippen LogP contribution in [0.1, 0.15) is 16.1 Å². The van der Waals surface area contributed by atoms with E-state index in [1.54, 1.807) is 30.5 Å². The molecular weight excluding hydrogens is 482 g/mol. The van der Waals surface area contributed by atoms with Gasteiger partial charge in [-0.3, -0.25) is 19.0 Å². The molecule has 38 heavy (non-hydrogen) atoms. The molecule has 0 aliphatic heterocycles. The van der Waals surface area contributed by atoms with E-state index in [4.69, 9.17) is 10.5 Å². The second-order valence-electron chi connectivity index (χ2n) is 8.83. The summed E-state index contributed by atoms with van der Waals surface area (Å²) in [6, 6.07) is 18.3. The molecule has 9 nitrogen and oxygen atoms in total. The maximum absolute atomic E-state index is 13.3. The van der Waals surface area contributed by atoms with Crippen molar-refractivity contribution in [2.75, 3.05) is 6.61 Å². The third-order valence-corrected chi connectivity index (χ3v) is 6.67. The van der Waals surface area contributed by atoms with Crippen molar-refractivity contribution >= 4 is 44.9 Å². The fourth-order valence-electron chi connectivity index (χ4n) is 4.92. The van der Waals surface area contributed by atoms with Crippen LogP contribution in [0.3, 0.4) is 0 Å². The number of fused-ring (bicyclic) bond motifs is 4. The molecule has 0 atom stereocenters. The first-order valence-corrected chi connectivity index (χ1v) is 11.9. The van der Waals surface area contributed by atoms with Crippen LogP contribution in [0.25, 0.3) is 49.5 Å². The van der Waals surface area contributed by atoms with Gasteiger partial charge in [0, 0.05) is 28.6 Å². The predicted octanol–water partition coefficient (Wildman–Crippen LogP) is 4.07. The summed E-state index contributed by atoms with van der Waals surface area (Å²) in [6.07, 6.45) is 3.84. The van der Waals surface area contributed by atoms with Crippen molar-refractivity contribution in [3.8, 4) is 22.6 Å². The number of pyridine rings is 1. The number of nitrogens with one attached hydrogen (secondary N) is 1. The van der Waals surface area contributed by atoms with Crippen LogP contribution in [0, 0.1) is 6.92 Å². The van der Waals surface area contributed by atoms with Crippen LogP contribution in [0.15, 0.2) is 78.0 Å². The molecule has 0 unspecified atom stereocenters. The summed E-state index contributed by atoms with van der Waals surface area (Å²) >= 11 is 0. The molecule has 186 valence electrons. The minimum absolute atomic E-state index is 0.0694. The highest BCUT2D eigenvalue weighted by molar-refractivity contribution is 6.19. The first-order chi connectivity index (χ1) is 18.5. The third-order valence-electron chi connectivity index (χ3n) is 6.67. The number of benzene rings is 3. The molecule has 3 N–H and O–H groups in total. The molecular formula is C29H21N5O4. The number of para-hydroxylation sites is 1. The lowest BCUT2D eigenvalue weighted by molar-refractivity contribution is -0.109. The molecule has 3 heterocycles. The number of amides is 1. The number of nitrogens with two attached hydrogens (primary N) is 1. The Kier molecular flexibility index (Phi) is 5.45. The van der Waals surface area contributed by atoms with Crippen LogP contribution in [-0.2, 0) is 4.79 Å². The lowest BCUT2D eigenvalue weighted by Gasteiger charge is -2.15. The zero-order valence-electron chi connectivity index (χ0n) is 20.3. The molecule has 9 heteroatoms. The Morgan fingerprint density at radius 3 is 2.71 bits per heavy atom. The summed E-state index contributed by atoms with van der Waals surface area (Å²) in [4.78, 5) is 48.4. The van der Waals surface area contributed by atoms with E-state index in [1.165, 1.54) is 10.9 Å². The van der Waals surface area contributed by atoms with Crippen molar-refractivity contribution in [2.45, 2.75) is 6.92 Å². The van der Waals surface area contributed by atoms with Crippen molar-refractivity contribution in [3.05, 3.63) is 94.8 Å². The molecule has 6 rings (SSSR count). The average molecular weight is 504 g/mol. The highest BCUT2D eigenvalue weighted by Gasteiger charge is 2.20. The van der Waals surface area contributed by atoms with Gasteiger partial charge in [-0.15, -0.1) is 0 Å².